The Bertz CT molecular complexity index is 593. The van der Waals surface area contributed by atoms with E-state index in [1.165, 1.54) is 12.1 Å². The van der Waals surface area contributed by atoms with Gasteiger partial charge >= 0.3 is 0 Å². The third-order valence-electron chi connectivity index (χ3n) is 2.97. The Hall–Kier alpha value is -1.88. The molecule has 0 aliphatic rings. The lowest BCUT2D eigenvalue weighted by atomic mass is 9.97. The van der Waals surface area contributed by atoms with Gasteiger partial charge < -0.3 is 5.32 Å². The molecule has 0 aliphatic heterocycles. The minimum Gasteiger partial charge on any atom is -0.306 e. The van der Waals surface area contributed by atoms with Crippen LogP contribution in [-0.2, 0) is 0 Å². The van der Waals surface area contributed by atoms with Crippen LogP contribution >= 0.6 is 0 Å². The topological polar surface area (TPSA) is 12.0 Å². The molecule has 1 unspecified atom stereocenters. The molecule has 0 radical (unpaired) electrons. The average molecular weight is 283 g/mol. The summed E-state index contributed by atoms with van der Waals surface area (Å²) in [6.45, 7) is 2.10. The Morgan fingerprint density at radius 2 is 1.60 bits per heavy atom. The molecule has 0 spiro atoms. The molecule has 1 N–H and O–H groups in total. The second kappa shape index (κ2) is 6.05. The zero-order valence-corrected chi connectivity index (χ0v) is 10.8. The molecule has 2 aromatic rings. The van der Waals surface area contributed by atoms with Gasteiger partial charge in [-0.25, -0.2) is 17.6 Å². The number of halogens is 4. The Morgan fingerprint density at radius 3 is 2.15 bits per heavy atom. The fourth-order valence-corrected chi connectivity index (χ4v) is 2.09. The van der Waals surface area contributed by atoms with Gasteiger partial charge in [0.1, 0.15) is 23.3 Å². The van der Waals surface area contributed by atoms with Crippen molar-refractivity contribution in [2.45, 2.75) is 13.0 Å². The number of rotatable bonds is 4. The van der Waals surface area contributed by atoms with Gasteiger partial charge in [0.15, 0.2) is 0 Å². The van der Waals surface area contributed by atoms with E-state index >= 15 is 0 Å². The van der Waals surface area contributed by atoms with Crippen molar-refractivity contribution in [2.24, 2.45) is 0 Å². The van der Waals surface area contributed by atoms with Crippen LogP contribution in [0.5, 0.6) is 0 Å². The van der Waals surface area contributed by atoms with Gasteiger partial charge in [-0.3, -0.25) is 0 Å². The van der Waals surface area contributed by atoms with Crippen LogP contribution in [0.1, 0.15) is 24.1 Å². The molecule has 2 aromatic carbocycles. The van der Waals surface area contributed by atoms with Crippen LogP contribution in [0.15, 0.2) is 36.4 Å². The van der Waals surface area contributed by atoms with Gasteiger partial charge in [0.2, 0.25) is 0 Å². The SMILES string of the molecule is CCNC(c1ccc(F)cc1F)c1c(F)cccc1F. The van der Waals surface area contributed by atoms with Crippen LogP contribution < -0.4 is 5.32 Å². The van der Waals surface area contributed by atoms with E-state index in [0.717, 1.165) is 18.2 Å². The van der Waals surface area contributed by atoms with Crippen molar-refractivity contribution in [1.82, 2.24) is 5.32 Å². The summed E-state index contributed by atoms with van der Waals surface area (Å²) >= 11 is 0. The van der Waals surface area contributed by atoms with Gasteiger partial charge in [-0.15, -0.1) is 0 Å². The molecule has 0 amide bonds. The Kier molecular flexibility index (Phi) is 4.39. The lowest BCUT2D eigenvalue weighted by molar-refractivity contribution is 0.492. The van der Waals surface area contributed by atoms with E-state index in [4.69, 9.17) is 0 Å². The molecule has 1 nitrogen and oxygen atoms in total. The van der Waals surface area contributed by atoms with E-state index < -0.39 is 29.3 Å². The predicted molar refractivity (Wildman–Crippen MR) is 68.2 cm³/mol. The van der Waals surface area contributed by atoms with Gasteiger partial charge in [0, 0.05) is 17.2 Å². The summed E-state index contributed by atoms with van der Waals surface area (Å²) in [7, 11) is 0. The first-order valence-corrected chi connectivity index (χ1v) is 6.16. The van der Waals surface area contributed by atoms with Crippen LogP contribution in [0.4, 0.5) is 17.6 Å². The quantitative estimate of drug-likeness (QED) is 0.838. The molecule has 0 aliphatic carbocycles. The maximum Gasteiger partial charge on any atom is 0.131 e. The van der Waals surface area contributed by atoms with Crippen LogP contribution in [-0.4, -0.2) is 6.54 Å². The first-order valence-electron chi connectivity index (χ1n) is 6.16. The summed E-state index contributed by atoms with van der Waals surface area (Å²) in [5.74, 6) is -3.14. The summed E-state index contributed by atoms with van der Waals surface area (Å²) < 4.78 is 54.5. The fraction of sp³-hybridized carbons (Fsp3) is 0.200. The van der Waals surface area contributed by atoms with Crippen molar-refractivity contribution in [3.8, 4) is 0 Å². The zero-order chi connectivity index (χ0) is 14.7. The molecule has 0 aromatic heterocycles. The molecule has 5 heteroatoms. The first-order chi connectivity index (χ1) is 9.54. The van der Waals surface area contributed by atoms with Crippen molar-refractivity contribution in [2.75, 3.05) is 6.54 Å². The molecule has 0 heterocycles. The van der Waals surface area contributed by atoms with Gasteiger partial charge in [-0.1, -0.05) is 19.1 Å². The Balaban J connectivity index is 2.56. The van der Waals surface area contributed by atoms with Crippen LogP contribution in [0.2, 0.25) is 0 Å². The zero-order valence-electron chi connectivity index (χ0n) is 10.8. The Morgan fingerprint density at radius 1 is 0.950 bits per heavy atom. The molecule has 0 fully saturated rings. The number of benzene rings is 2. The first kappa shape index (κ1) is 14.5. The molecular weight excluding hydrogens is 270 g/mol. The molecular formula is C15H13F4N. The van der Waals surface area contributed by atoms with Crippen molar-refractivity contribution in [3.63, 3.8) is 0 Å². The largest absolute Gasteiger partial charge is 0.306 e. The number of hydrogen-bond acceptors (Lipinski definition) is 1. The summed E-state index contributed by atoms with van der Waals surface area (Å²) in [6, 6.07) is 5.36. The molecule has 1 atom stereocenters. The number of nitrogens with one attached hydrogen (secondary N) is 1. The van der Waals surface area contributed by atoms with E-state index in [1.54, 1.807) is 6.92 Å². The van der Waals surface area contributed by atoms with E-state index in [0.29, 0.717) is 12.6 Å². The van der Waals surface area contributed by atoms with Gasteiger partial charge in [0.25, 0.3) is 0 Å². The monoisotopic (exact) mass is 283 g/mol. The minimum atomic E-state index is -1.01. The van der Waals surface area contributed by atoms with Gasteiger partial charge in [0.05, 0.1) is 6.04 Å². The highest BCUT2D eigenvalue weighted by atomic mass is 19.1. The molecule has 0 saturated heterocycles. The minimum absolute atomic E-state index is 0.00255. The maximum atomic E-state index is 13.8. The lowest BCUT2D eigenvalue weighted by Crippen LogP contribution is -2.25. The second-order valence-electron chi connectivity index (χ2n) is 4.29. The summed E-state index contributed by atoms with van der Waals surface area (Å²) in [5, 5.41) is 2.81. The average Bonchev–Trinajstić information content (AvgIpc) is 2.38. The summed E-state index contributed by atoms with van der Waals surface area (Å²) in [5.41, 5.74) is -0.280. The van der Waals surface area contributed by atoms with Crippen molar-refractivity contribution >= 4 is 0 Å². The maximum absolute atomic E-state index is 13.8. The summed E-state index contributed by atoms with van der Waals surface area (Å²) in [4.78, 5) is 0. The van der Waals surface area contributed by atoms with Crippen molar-refractivity contribution in [1.29, 1.82) is 0 Å². The highest BCUT2D eigenvalue weighted by Crippen LogP contribution is 2.28. The second-order valence-corrected chi connectivity index (χ2v) is 4.29. The third kappa shape index (κ3) is 2.82. The predicted octanol–water partition coefficient (Wildman–Crippen LogP) is 3.94. The van der Waals surface area contributed by atoms with E-state index in [1.807, 2.05) is 0 Å². The van der Waals surface area contributed by atoms with Gasteiger partial charge in [-0.2, -0.15) is 0 Å². The van der Waals surface area contributed by atoms with Crippen LogP contribution in [0.3, 0.4) is 0 Å². The number of hydrogen-bond donors (Lipinski definition) is 1. The van der Waals surface area contributed by atoms with Crippen LogP contribution in [0, 0.1) is 23.3 Å². The van der Waals surface area contributed by atoms with Crippen molar-refractivity contribution < 1.29 is 17.6 Å². The van der Waals surface area contributed by atoms with Crippen LogP contribution in [0.25, 0.3) is 0 Å². The molecule has 0 bridgehead atoms. The fourth-order valence-electron chi connectivity index (χ4n) is 2.09. The summed E-state index contributed by atoms with van der Waals surface area (Å²) in [6.07, 6.45) is 0. The standard InChI is InChI=1S/C15H13F4N/c1-2-20-15(10-7-6-9(16)8-13(10)19)14-11(17)4-3-5-12(14)18/h3-8,15,20H,2H2,1H3. The third-order valence-corrected chi connectivity index (χ3v) is 2.97. The van der Waals surface area contributed by atoms with E-state index in [9.17, 15) is 17.6 Å². The normalized spacial score (nSPS) is 12.4. The highest BCUT2D eigenvalue weighted by molar-refractivity contribution is 5.34. The highest BCUT2D eigenvalue weighted by Gasteiger charge is 2.23. The molecule has 2 rings (SSSR count). The van der Waals surface area contributed by atoms with Gasteiger partial charge in [-0.05, 0) is 24.7 Å². The molecule has 106 valence electrons. The van der Waals surface area contributed by atoms with E-state index in [-0.39, 0.29) is 11.1 Å². The lowest BCUT2D eigenvalue weighted by Gasteiger charge is -2.20. The smallest absolute Gasteiger partial charge is 0.131 e. The molecule has 0 saturated carbocycles. The van der Waals surface area contributed by atoms with Crippen molar-refractivity contribution in [3.05, 3.63) is 70.8 Å². The van der Waals surface area contributed by atoms with E-state index in [2.05, 4.69) is 5.32 Å². The molecule has 20 heavy (non-hydrogen) atoms. The Labute approximate surface area is 114 Å².